The fourth-order valence-electron chi connectivity index (χ4n) is 3.00. The number of pyridine rings is 1. The zero-order valence-corrected chi connectivity index (χ0v) is 14.4. The summed E-state index contributed by atoms with van der Waals surface area (Å²) in [5.41, 5.74) is 1.57. The van der Waals surface area contributed by atoms with Crippen LogP contribution in [0.1, 0.15) is 6.92 Å². The standard InChI is InChI=1S/C19H19N5O2/c1-13(12-24-10-11-26-19(24)25)21-17-14-6-2-3-7-15(14)22-18(23-17)16-8-4-5-9-20-16/h2-9,13H,10-12H2,1H3,(H,21,22,23). The first-order valence-corrected chi connectivity index (χ1v) is 8.57. The van der Waals surface area contributed by atoms with Gasteiger partial charge < -0.3 is 15.0 Å². The molecule has 0 spiro atoms. The number of carbonyl (C=O) groups is 1. The van der Waals surface area contributed by atoms with Crippen molar-refractivity contribution in [2.75, 3.05) is 25.0 Å². The molecule has 3 aromatic rings. The quantitative estimate of drug-likeness (QED) is 0.763. The van der Waals surface area contributed by atoms with E-state index in [2.05, 4.69) is 20.3 Å². The van der Waals surface area contributed by atoms with E-state index in [-0.39, 0.29) is 12.1 Å². The first kappa shape index (κ1) is 16.3. The number of cyclic esters (lactones) is 1. The smallest absolute Gasteiger partial charge is 0.410 e. The van der Waals surface area contributed by atoms with E-state index in [0.29, 0.717) is 25.5 Å². The van der Waals surface area contributed by atoms with Crippen molar-refractivity contribution in [3.63, 3.8) is 0 Å². The Labute approximate surface area is 151 Å². The molecular weight excluding hydrogens is 330 g/mol. The second-order valence-electron chi connectivity index (χ2n) is 6.23. The average Bonchev–Trinajstić information content (AvgIpc) is 3.07. The molecule has 1 aliphatic rings. The van der Waals surface area contributed by atoms with Gasteiger partial charge >= 0.3 is 6.09 Å². The third kappa shape index (κ3) is 3.28. The summed E-state index contributed by atoms with van der Waals surface area (Å²) >= 11 is 0. The first-order valence-electron chi connectivity index (χ1n) is 8.57. The third-order valence-electron chi connectivity index (χ3n) is 4.22. The summed E-state index contributed by atoms with van der Waals surface area (Å²) in [6.07, 6.45) is 1.46. The highest BCUT2D eigenvalue weighted by molar-refractivity contribution is 5.90. The van der Waals surface area contributed by atoms with Gasteiger partial charge in [0.2, 0.25) is 0 Å². The van der Waals surface area contributed by atoms with E-state index in [1.54, 1.807) is 11.1 Å². The number of hydrogen-bond acceptors (Lipinski definition) is 6. The molecule has 7 nitrogen and oxygen atoms in total. The van der Waals surface area contributed by atoms with E-state index >= 15 is 0 Å². The molecule has 132 valence electrons. The van der Waals surface area contributed by atoms with Crippen molar-refractivity contribution in [1.82, 2.24) is 19.9 Å². The summed E-state index contributed by atoms with van der Waals surface area (Å²) in [5, 5.41) is 4.35. The number of ether oxygens (including phenoxy) is 1. The van der Waals surface area contributed by atoms with Crippen molar-refractivity contribution in [1.29, 1.82) is 0 Å². The molecule has 26 heavy (non-hydrogen) atoms. The number of fused-ring (bicyclic) bond motifs is 1. The van der Waals surface area contributed by atoms with Crippen molar-refractivity contribution in [2.24, 2.45) is 0 Å². The molecule has 2 aromatic heterocycles. The first-order chi connectivity index (χ1) is 12.7. The summed E-state index contributed by atoms with van der Waals surface area (Å²) < 4.78 is 4.99. The number of rotatable bonds is 5. The maximum Gasteiger partial charge on any atom is 0.410 e. The van der Waals surface area contributed by atoms with E-state index in [1.165, 1.54) is 0 Å². The summed E-state index contributed by atoms with van der Waals surface area (Å²) in [5.74, 6) is 1.30. The van der Waals surface area contributed by atoms with Gasteiger partial charge in [-0.3, -0.25) is 4.98 Å². The van der Waals surface area contributed by atoms with Crippen LogP contribution in [-0.2, 0) is 4.74 Å². The maximum atomic E-state index is 11.7. The predicted molar refractivity (Wildman–Crippen MR) is 98.8 cm³/mol. The van der Waals surface area contributed by atoms with Crippen LogP contribution in [0.3, 0.4) is 0 Å². The largest absolute Gasteiger partial charge is 0.448 e. The lowest BCUT2D eigenvalue weighted by molar-refractivity contribution is 0.158. The van der Waals surface area contributed by atoms with Gasteiger partial charge in [0.25, 0.3) is 0 Å². The number of carbonyl (C=O) groups excluding carboxylic acids is 1. The van der Waals surface area contributed by atoms with Crippen LogP contribution in [-0.4, -0.2) is 51.7 Å². The van der Waals surface area contributed by atoms with Crippen LogP contribution in [0, 0.1) is 0 Å². The molecule has 4 rings (SSSR count). The van der Waals surface area contributed by atoms with Crippen LogP contribution in [0.5, 0.6) is 0 Å². The summed E-state index contributed by atoms with van der Waals surface area (Å²) in [4.78, 5) is 27.0. The van der Waals surface area contributed by atoms with Crippen molar-refractivity contribution >= 4 is 22.8 Å². The lowest BCUT2D eigenvalue weighted by Crippen LogP contribution is -2.35. The molecular formula is C19H19N5O2. The minimum absolute atomic E-state index is 0.00976. The van der Waals surface area contributed by atoms with Crippen molar-refractivity contribution < 1.29 is 9.53 Å². The lowest BCUT2D eigenvalue weighted by Gasteiger charge is -2.21. The van der Waals surface area contributed by atoms with Crippen LogP contribution in [0.2, 0.25) is 0 Å². The molecule has 1 aromatic carbocycles. The number of anilines is 1. The van der Waals surface area contributed by atoms with E-state index in [9.17, 15) is 4.79 Å². The molecule has 7 heteroatoms. The Morgan fingerprint density at radius 1 is 1.19 bits per heavy atom. The molecule has 1 fully saturated rings. The van der Waals surface area contributed by atoms with Gasteiger partial charge in [-0.25, -0.2) is 14.8 Å². The molecule has 1 unspecified atom stereocenters. The fraction of sp³-hybridized carbons (Fsp3) is 0.263. The Hall–Kier alpha value is -3.22. The second kappa shape index (κ2) is 6.95. The van der Waals surface area contributed by atoms with Crippen LogP contribution in [0.15, 0.2) is 48.7 Å². The Balaban J connectivity index is 1.65. The predicted octanol–water partition coefficient (Wildman–Crippen LogP) is 2.94. The third-order valence-corrected chi connectivity index (χ3v) is 4.22. The van der Waals surface area contributed by atoms with Gasteiger partial charge in [0.1, 0.15) is 18.1 Å². The van der Waals surface area contributed by atoms with Crippen molar-refractivity contribution in [3.05, 3.63) is 48.7 Å². The van der Waals surface area contributed by atoms with Gasteiger partial charge in [0, 0.05) is 24.2 Å². The van der Waals surface area contributed by atoms with Gasteiger partial charge in [-0.1, -0.05) is 18.2 Å². The Bertz CT molecular complexity index is 932. The average molecular weight is 349 g/mol. The molecule has 1 saturated heterocycles. The Morgan fingerprint density at radius 2 is 2.04 bits per heavy atom. The highest BCUT2D eigenvalue weighted by Gasteiger charge is 2.24. The van der Waals surface area contributed by atoms with Crippen molar-refractivity contribution in [3.8, 4) is 11.5 Å². The number of amides is 1. The topological polar surface area (TPSA) is 80.2 Å². The normalized spacial score (nSPS) is 15.1. The molecule has 0 saturated carbocycles. The lowest BCUT2D eigenvalue weighted by atomic mass is 10.2. The molecule has 1 atom stereocenters. The number of nitrogens with zero attached hydrogens (tertiary/aromatic N) is 4. The number of para-hydroxylation sites is 1. The molecule has 1 aliphatic heterocycles. The summed E-state index contributed by atoms with van der Waals surface area (Å²) in [7, 11) is 0. The zero-order valence-electron chi connectivity index (χ0n) is 14.4. The van der Waals surface area contributed by atoms with Gasteiger partial charge in [-0.15, -0.1) is 0 Å². The van der Waals surface area contributed by atoms with Gasteiger partial charge in [-0.05, 0) is 31.2 Å². The Morgan fingerprint density at radius 3 is 2.81 bits per heavy atom. The van der Waals surface area contributed by atoms with E-state index in [4.69, 9.17) is 4.74 Å². The molecule has 0 aliphatic carbocycles. The SMILES string of the molecule is CC(CN1CCOC1=O)Nc1nc(-c2ccccn2)nc2ccccc12. The monoisotopic (exact) mass is 349 g/mol. The Kier molecular flexibility index (Phi) is 4.35. The minimum atomic E-state index is -0.264. The van der Waals surface area contributed by atoms with Crippen LogP contribution < -0.4 is 5.32 Å². The van der Waals surface area contributed by atoms with Crippen LogP contribution in [0.4, 0.5) is 10.6 Å². The van der Waals surface area contributed by atoms with Gasteiger partial charge in [0.15, 0.2) is 5.82 Å². The second-order valence-corrected chi connectivity index (χ2v) is 6.23. The zero-order chi connectivity index (χ0) is 17.9. The summed E-state index contributed by atoms with van der Waals surface area (Å²) in [6, 6.07) is 13.5. The van der Waals surface area contributed by atoms with Crippen molar-refractivity contribution in [2.45, 2.75) is 13.0 Å². The number of benzene rings is 1. The van der Waals surface area contributed by atoms with E-state index in [0.717, 1.165) is 22.4 Å². The fourth-order valence-corrected chi connectivity index (χ4v) is 3.00. The summed E-state index contributed by atoms with van der Waals surface area (Å²) in [6.45, 7) is 3.64. The van der Waals surface area contributed by atoms with Crippen LogP contribution in [0.25, 0.3) is 22.4 Å². The van der Waals surface area contributed by atoms with E-state index in [1.807, 2.05) is 49.4 Å². The van der Waals surface area contributed by atoms with Gasteiger partial charge in [-0.2, -0.15) is 0 Å². The molecule has 0 radical (unpaired) electrons. The number of aromatic nitrogens is 3. The minimum Gasteiger partial charge on any atom is -0.448 e. The molecule has 1 N–H and O–H groups in total. The highest BCUT2D eigenvalue weighted by atomic mass is 16.6. The molecule has 3 heterocycles. The maximum absolute atomic E-state index is 11.7. The number of nitrogens with one attached hydrogen (secondary N) is 1. The molecule has 1 amide bonds. The van der Waals surface area contributed by atoms with Crippen LogP contribution >= 0.6 is 0 Å². The number of hydrogen-bond donors (Lipinski definition) is 1. The van der Waals surface area contributed by atoms with E-state index < -0.39 is 0 Å². The highest BCUT2D eigenvalue weighted by Crippen LogP contribution is 2.24. The molecule has 0 bridgehead atoms. The van der Waals surface area contributed by atoms with Gasteiger partial charge in [0.05, 0.1) is 12.1 Å².